The van der Waals surface area contributed by atoms with Crippen molar-refractivity contribution >= 4 is 17.2 Å². The SMILES string of the molecule is O=C(Cn1nc2c(-c3nc(-c4ccccc4)no3)cccn2c1=O)Nc1ccc2c(c1)CCC2. The Morgan fingerprint density at radius 1 is 1.03 bits per heavy atom. The number of rotatable bonds is 5. The molecule has 6 rings (SSSR count). The molecule has 0 spiro atoms. The van der Waals surface area contributed by atoms with Crippen molar-refractivity contribution in [2.45, 2.75) is 25.8 Å². The number of aryl methyl sites for hydroxylation is 2. The van der Waals surface area contributed by atoms with Gasteiger partial charge in [-0.1, -0.05) is 41.6 Å². The Balaban J connectivity index is 1.28. The standard InChI is InChI=1S/C25H20N6O3/c32-21(26-19-12-11-16-8-4-9-18(16)14-19)15-31-25(33)30-13-5-10-20(23(30)28-31)24-27-22(29-34-24)17-6-2-1-3-7-17/h1-3,5-7,10-14H,4,8-9,15H2,(H,26,32). The van der Waals surface area contributed by atoms with Crippen LogP contribution >= 0.6 is 0 Å². The molecule has 0 atom stereocenters. The topological polar surface area (TPSA) is 107 Å². The molecule has 0 bridgehead atoms. The molecule has 3 heterocycles. The summed E-state index contributed by atoms with van der Waals surface area (Å²) in [5.74, 6) is 0.353. The molecule has 5 aromatic rings. The lowest BCUT2D eigenvalue weighted by Crippen LogP contribution is -2.28. The van der Waals surface area contributed by atoms with E-state index in [-0.39, 0.29) is 18.3 Å². The molecule has 1 aliphatic carbocycles. The average molecular weight is 452 g/mol. The van der Waals surface area contributed by atoms with E-state index in [4.69, 9.17) is 4.52 Å². The van der Waals surface area contributed by atoms with Gasteiger partial charge < -0.3 is 9.84 Å². The van der Waals surface area contributed by atoms with Crippen molar-refractivity contribution in [2.24, 2.45) is 0 Å². The number of benzene rings is 2. The van der Waals surface area contributed by atoms with E-state index in [1.165, 1.54) is 15.5 Å². The number of carbonyl (C=O) groups excluding carboxylic acids is 1. The molecule has 1 aliphatic rings. The molecule has 1 N–H and O–H groups in total. The van der Waals surface area contributed by atoms with Gasteiger partial charge in [-0.15, -0.1) is 5.10 Å². The monoisotopic (exact) mass is 452 g/mol. The fraction of sp³-hybridized carbons (Fsp3) is 0.160. The van der Waals surface area contributed by atoms with Crippen LogP contribution < -0.4 is 11.0 Å². The Morgan fingerprint density at radius 3 is 2.76 bits per heavy atom. The van der Waals surface area contributed by atoms with E-state index in [0.717, 1.165) is 35.2 Å². The van der Waals surface area contributed by atoms with Gasteiger partial charge in [0.05, 0.1) is 5.56 Å². The molecule has 0 aliphatic heterocycles. The fourth-order valence-corrected chi connectivity index (χ4v) is 4.33. The van der Waals surface area contributed by atoms with Gasteiger partial charge in [-0.05, 0) is 54.7 Å². The molecule has 168 valence electrons. The number of amides is 1. The number of hydrogen-bond acceptors (Lipinski definition) is 6. The van der Waals surface area contributed by atoms with Crippen molar-refractivity contribution in [3.05, 3.63) is 88.5 Å². The fourth-order valence-electron chi connectivity index (χ4n) is 4.33. The van der Waals surface area contributed by atoms with Crippen LogP contribution in [0.1, 0.15) is 17.5 Å². The summed E-state index contributed by atoms with van der Waals surface area (Å²) in [4.78, 5) is 30.0. The molecule has 0 saturated heterocycles. The first-order chi connectivity index (χ1) is 16.7. The molecule has 2 aromatic carbocycles. The first-order valence-corrected chi connectivity index (χ1v) is 11.0. The van der Waals surface area contributed by atoms with Crippen LogP contribution in [0.2, 0.25) is 0 Å². The number of nitrogens with one attached hydrogen (secondary N) is 1. The first-order valence-electron chi connectivity index (χ1n) is 11.0. The molecule has 9 nitrogen and oxygen atoms in total. The number of aromatic nitrogens is 5. The molecule has 0 radical (unpaired) electrons. The van der Waals surface area contributed by atoms with Gasteiger partial charge in [0.15, 0.2) is 5.65 Å². The van der Waals surface area contributed by atoms with Crippen LogP contribution in [-0.2, 0) is 24.2 Å². The van der Waals surface area contributed by atoms with E-state index in [0.29, 0.717) is 17.0 Å². The summed E-state index contributed by atoms with van der Waals surface area (Å²) in [5, 5.41) is 11.3. The van der Waals surface area contributed by atoms with Crippen molar-refractivity contribution in [1.29, 1.82) is 0 Å². The number of carbonyl (C=O) groups is 1. The Morgan fingerprint density at radius 2 is 1.88 bits per heavy atom. The normalized spacial score (nSPS) is 12.7. The zero-order valence-electron chi connectivity index (χ0n) is 18.1. The van der Waals surface area contributed by atoms with E-state index < -0.39 is 5.69 Å². The lowest BCUT2D eigenvalue weighted by Gasteiger charge is -2.07. The second-order valence-electron chi connectivity index (χ2n) is 8.23. The van der Waals surface area contributed by atoms with Crippen molar-refractivity contribution in [1.82, 2.24) is 24.3 Å². The lowest BCUT2D eigenvalue weighted by atomic mass is 10.1. The van der Waals surface area contributed by atoms with E-state index in [9.17, 15) is 9.59 Å². The highest BCUT2D eigenvalue weighted by Crippen LogP contribution is 2.26. The summed E-state index contributed by atoms with van der Waals surface area (Å²) in [6, 6.07) is 18.9. The van der Waals surface area contributed by atoms with Crippen molar-refractivity contribution in [2.75, 3.05) is 5.32 Å². The minimum atomic E-state index is -0.427. The largest absolute Gasteiger partial charge is 0.350 e. The molecule has 0 saturated carbocycles. The Kier molecular flexibility index (Phi) is 4.80. The van der Waals surface area contributed by atoms with Gasteiger partial charge in [0.25, 0.3) is 5.89 Å². The van der Waals surface area contributed by atoms with Gasteiger partial charge in [-0.2, -0.15) is 4.98 Å². The van der Waals surface area contributed by atoms with Crippen LogP contribution in [-0.4, -0.2) is 30.2 Å². The van der Waals surface area contributed by atoms with Gasteiger partial charge in [0, 0.05) is 17.4 Å². The average Bonchev–Trinajstić information content (AvgIpc) is 3.59. The number of anilines is 1. The summed E-state index contributed by atoms with van der Waals surface area (Å²) in [6.45, 7) is -0.212. The second kappa shape index (κ2) is 8.11. The number of pyridine rings is 1. The Hall–Kier alpha value is -4.53. The zero-order chi connectivity index (χ0) is 23.1. The second-order valence-corrected chi connectivity index (χ2v) is 8.23. The summed E-state index contributed by atoms with van der Waals surface area (Å²) in [7, 11) is 0. The van der Waals surface area contributed by atoms with Gasteiger partial charge >= 0.3 is 5.69 Å². The highest BCUT2D eigenvalue weighted by Gasteiger charge is 2.19. The summed E-state index contributed by atoms with van der Waals surface area (Å²) in [5.41, 5.74) is 4.55. The Bertz CT molecular complexity index is 1580. The minimum absolute atomic E-state index is 0.212. The molecular weight excluding hydrogens is 432 g/mol. The van der Waals surface area contributed by atoms with Crippen LogP contribution in [0.25, 0.3) is 28.5 Å². The predicted octanol–water partition coefficient (Wildman–Crippen LogP) is 3.34. The number of nitrogens with zero attached hydrogens (tertiary/aromatic N) is 5. The molecule has 3 aromatic heterocycles. The van der Waals surface area contributed by atoms with Crippen LogP contribution in [0, 0.1) is 0 Å². The maximum atomic E-state index is 12.9. The summed E-state index contributed by atoms with van der Waals surface area (Å²) in [6.07, 6.45) is 4.83. The quantitative estimate of drug-likeness (QED) is 0.438. The third kappa shape index (κ3) is 3.57. The Labute approximate surface area is 193 Å². The first kappa shape index (κ1) is 20.1. The van der Waals surface area contributed by atoms with Gasteiger partial charge in [-0.25, -0.2) is 13.9 Å². The molecular formula is C25H20N6O3. The van der Waals surface area contributed by atoms with Crippen molar-refractivity contribution < 1.29 is 9.32 Å². The minimum Gasteiger partial charge on any atom is -0.333 e. The molecule has 0 unspecified atom stereocenters. The molecule has 9 heteroatoms. The highest BCUT2D eigenvalue weighted by atomic mass is 16.5. The maximum absolute atomic E-state index is 12.9. The van der Waals surface area contributed by atoms with E-state index in [2.05, 4.69) is 26.6 Å². The van der Waals surface area contributed by atoms with Crippen LogP contribution in [0.3, 0.4) is 0 Å². The van der Waals surface area contributed by atoms with E-state index in [1.807, 2.05) is 42.5 Å². The smallest absolute Gasteiger partial charge is 0.333 e. The third-order valence-corrected chi connectivity index (χ3v) is 5.97. The van der Waals surface area contributed by atoms with Crippen molar-refractivity contribution in [3.63, 3.8) is 0 Å². The lowest BCUT2D eigenvalue weighted by molar-refractivity contribution is -0.117. The third-order valence-electron chi connectivity index (χ3n) is 5.97. The highest BCUT2D eigenvalue weighted by molar-refractivity contribution is 5.90. The molecule has 0 fully saturated rings. The van der Waals surface area contributed by atoms with Gasteiger partial charge in [0.1, 0.15) is 6.54 Å². The maximum Gasteiger partial charge on any atom is 0.350 e. The van der Waals surface area contributed by atoms with Gasteiger partial charge in [0.2, 0.25) is 11.7 Å². The molecule has 34 heavy (non-hydrogen) atoms. The summed E-state index contributed by atoms with van der Waals surface area (Å²) >= 11 is 0. The van der Waals surface area contributed by atoms with Crippen LogP contribution in [0.4, 0.5) is 5.69 Å². The summed E-state index contributed by atoms with van der Waals surface area (Å²) < 4.78 is 7.95. The zero-order valence-corrected chi connectivity index (χ0v) is 18.1. The van der Waals surface area contributed by atoms with Crippen LogP contribution in [0.5, 0.6) is 0 Å². The van der Waals surface area contributed by atoms with Gasteiger partial charge in [-0.3, -0.25) is 4.79 Å². The van der Waals surface area contributed by atoms with Crippen molar-refractivity contribution in [3.8, 4) is 22.8 Å². The number of hydrogen-bond donors (Lipinski definition) is 1. The van der Waals surface area contributed by atoms with E-state index in [1.54, 1.807) is 18.3 Å². The molecule has 1 amide bonds. The van der Waals surface area contributed by atoms with Crippen LogP contribution in [0.15, 0.2) is 76.2 Å². The number of fused-ring (bicyclic) bond motifs is 2. The van der Waals surface area contributed by atoms with E-state index >= 15 is 0 Å². The predicted molar refractivity (Wildman–Crippen MR) is 125 cm³/mol.